The Hall–Kier alpha value is -1.80. The molecule has 1 rings (SSSR count). The van der Waals surface area contributed by atoms with Crippen molar-refractivity contribution in [3.63, 3.8) is 0 Å². The van der Waals surface area contributed by atoms with Crippen LogP contribution < -0.4 is 5.73 Å². The molecule has 0 aromatic heterocycles. The number of rotatable bonds is 7. The molecule has 0 aromatic carbocycles. The zero-order valence-corrected chi connectivity index (χ0v) is 11.7. The number of nitrogens with zero attached hydrogens (tertiary/aromatic N) is 3. The second-order valence-electron chi connectivity index (χ2n) is 4.79. The number of nitro groups is 2. The van der Waals surface area contributed by atoms with E-state index in [-0.39, 0.29) is 5.70 Å². The van der Waals surface area contributed by atoms with Gasteiger partial charge in [-0.15, -0.1) is 0 Å². The minimum absolute atomic E-state index is 0.228. The Bertz CT molecular complexity index is 443. The SMILES string of the molecule is CCCN(CCC)C1C([N+](=O)[O-])=CC=CC1(N)[N+](=O)[O-]. The molecular weight excluding hydrogens is 264 g/mol. The highest BCUT2D eigenvalue weighted by Crippen LogP contribution is 2.28. The molecule has 2 atom stereocenters. The summed E-state index contributed by atoms with van der Waals surface area (Å²) in [5.41, 5.74) is 3.66. The van der Waals surface area contributed by atoms with Crippen LogP contribution in [0.15, 0.2) is 23.9 Å². The average Bonchev–Trinajstić information content (AvgIpc) is 2.38. The highest BCUT2D eigenvalue weighted by molar-refractivity contribution is 5.27. The molecule has 0 radical (unpaired) electrons. The van der Waals surface area contributed by atoms with Crippen molar-refractivity contribution in [1.82, 2.24) is 4.90 Å². The second kappa shape index (κ2) is 6.58. The largest absolute Gasteiger partial charge is 0.317 e. The van der Waals surface area contributed by atoms with Gasteiger partial charge < -0.3 is 0 Å². The topological polar surface area (TPSA) is 116 Å². The highest BCUT2D eigenvalue weighted by Gasteiger charge is 2.55. The van der Waals surface area contributed by atoms with Crippen molar-refractivity contribution in [3.8, 4) is 0 Å². The van der Waals surface area contributed by atoms with Gasteiger partial charge in [0.15, 0.2) is 6.04 Å². The molecule has 0 saturated carbocycles. The smallest absolute Gasteiger partial charge is 0.283 e. The zero-order chi connectivity index (χ0) is 15.3. The predicted octanol–water partition coefficient (Wildman–Crippen LogP) is 1.14. The molecule has 0 aromatic rings. The summed E-state index contributed by atoms with van der Waals surface area (Å²) in [6, 6.07) is -1.06. The summed E-state index contributed by atoms with van der Waals surface area (Å²) >= 11 is 0. The van der Waals surface area contributed by atoms with Gasteiger partial charge in [-0.2, -0.15) is 0 Å². The van der Waals surface area contributed by atoms with Crippen molar-refractivity contribution < 1.29 is 9.85 Å². The van der Waals surface area contributed by atoms with Crippen LogP contribution in [0.25, 0.3) is 0 Å². The van der Waals surface area contributed by atoms with E-state index in [4.69, 9.17) is 5.73 Å². The molecule has 0 heterocycles. The minimum Gasteiger partial charge on any atom is -0.283 e. The lowest BCUT2D eigenvalue weighted by Crippen LogP contribution is -2.64. The number of allylic oxidation sites excluding steroid dienone is 2. The summed E-state index contributed by atoms with van der Waals surface area (Å²) in [6.07, 6.45) is 5.27. The Kier molecular flexibility index (Phi) is 5.34. The third-order valence-corrected chi connectivity index (χ3v) is 3.26. The molecule has 112 valence electrons. The van der Waals surface area contributed by atoms with Crippen molar-refractivity contribution in [2.75, 3.05) is 13.1 Å². The first-order valence-corrected chi connectivity index (χ1v) is 6.59. The fourth-order valence-electron chi connectivity index (χ4n) is 2.47. The molecule has 0 fully saturated rings. The Morgan fingerprint density at radius 3 is 2.25 bits per heavy atom. The molecule has 0 amide bonds. The summed E-state index contributed by atoms with van der Waals surface area (Å²) in [5, 5.41) is 22.5. The number of hydrogen-bond donors (Lipinski definition) is 1. The molecule has 2 unspecified atom stereocenters. The molecule has 0 bridgehead atoms. The Balaban J connectivity index is 3.28. The number of hydrogen-bond acceptors (Lipinski definition) is 6. The number of nitrogens with two attached hydrogens (primary N) is 1. The van der Waals surface area contributed by atoms with Crippen LogP contribution in [-0.4, -0.2) is 39.5 Å². The fourth-order valence-corrected chi connectivity index (χ4v) is 2.47. The Morgan fingerprint density at radius 2 is 1.85 bits per heavy atom. The van der Waals surface area contributed by atoms with E-state index in [1.807, 2.05) is 13.8 Å². The van der Waals surface area contributed by atoms with Gasteiger partial charge in [0.1, 0.15) is 0 Å². The van der Waals surface area contributed by atoms with Crippen molar-refractivity contribution in [2.24, 2.45) is 5.73 Å². The molecule has 1 aliphatic rings. The van der Waals surface area contributed by atoms with E-state index in [2.05, 4.69) is 0 Å². The maximum Gasteiger partial charge on any atom is 0.317 e. The van der Waals surface area contributed by atoms with Crippen molar-refractivity contribution in [1.29, 1.82) is 0 Å². The van der Waals surface area contributed by atoms with Gasteiger partial charge in [0.05, 0.1) is 4.92 Å². The summed E-state index contributed by atoms with van der Waals surface area (Å²) in [6.45, 7) is 4.87. The molecule has 8 nitrogen and oxygen atoms in total. The zero-order valence-electron chi connectivity index (χ0n) is 11.7. The molecule has 20 heavy (non-hydrogen) atoms. The molecule has 0 saturated heterocycles. The third-order valence-electron chi connectivity index (χ3n) is 3.26. The third kappa shape index (κ3) is 3.02. The van der Waals surface area contributed by atoms with Gasteiger partial charge in [0.25, 0.3) is 5.70 Å². The van der Waals surface area contributed by atoms with Crippen LogP contribution in [-0.2, 0) is 0 Å². The standard InChI is InChI=1S/C12H20N4O4/c1-3-8-14(9-4-2)11-10(15(17)18)6-5-7-12(11,13)16(19)20/h5-7,11H,3-4,8-9,13H2,1-2H3. The van der Waals surface area contributed by atoms with Crippen molar-refractivity contribution in [2.45, 2.75) is 38.4 Å². The Morgan fingerprint density at radius 1 is 1.30 bits per heavy atom. The van der Waals surface area contributed by atoms with Crippen LogP contribution in [0.1, 0.15) is 26.7 Å². The monoisotopic (exact) mass is 284 g/mol. The molecule has 2 N–H and O–H groups in total. The maximum absolute atomic E-state index is 11.3. The van der Waals surface area contributed by atoms with E-state index in [9.17, 15) is 20.2 Å². The first kappa shape index (κ1) is 16.3. The minimum atomic E-state index is -1.97. The van der Waals surface area contributed by atoms with Gasteiger partial charge in [-0.1, -0.05) is 19.9 Å². The summed E-state index contributed by atoms with van der Waals surface area (Å²) in [5.74, 6) is 0. The van der Waals surface area contributed by atoms with Gasteiger partial charge in [-0.05, 0) is 25.9 Å². The average molecular weight is 284 g/mol. The molecule has 0 aliphatic heterocycles. The second-order valence-corrected chi connectivity index (χ2v) is 4.79. The lowest BCUT2D eigenvalue weighted by atomic mass is 9.91. The van der Waals surface area contributed by atoms with E-state index >= 15 is 0 Å². The quantitative estimate of drug-likeness (QED) is 0.425. The highest BCUT2D eigenvalue weighted by atomic mass is 16.6. The molecular formula is C12H20N4O4. The lowest BCUT2D eigenvalue weighted by molar-refractivity contribution is -0.569. The van der Waals surface area contributed by atoms with E-state index in [0.717, 1.165) is 12.8 Å². The van der Waals surface area contributed by atoms with Crippen LogP contribution in [0, 0.1) is 20.2 Å². The summed E-state index contributed by atoms with van der Waals surface area (Å²) in [4.78, 5) is 23.0. The van der Waals surface area contributed by atoms with Crippen LogP contribution in [0.2, 0.25) is 0 Å². The van der Waals surface area contributed by atoms with Gasteiger partial charge >= 0.3 is 5.66 Å². The van der Waals surface area contributed by atoms with Gasteiger partial charge in [0, 0.05) is 17.1 Å². The fraction of sp³-hybridized carbons (Fsp3) is 0.667. The van der Waals surface area contributed by atoms with Crippen molar-refractivity contribution in [3.05, 3.63) is 44.2 Å². The molecule has 0 spiro atoms. The lowest BCUT2D eigenvalue weighted by Gasteiger charge is -2.35. The van der Waals surface area contributed by atoms with Gasteiger partial charge in [-0.25, -0.2) is 0 Å². The van der Waals surface area contributed by atoms with E-state index in [1.165, 1.54) is 18.2 Å². The van der Waals surface area contributed by atoms with Gasteiger partial charge in [0.2, 0.25) is 0 Å². The Labute approximate surface area is 117 Å². The van der Waals surface area contributed by atoms with E-state index < -0.39 is 21.6 Å². The van der Waals surface area contributed by atoms with Gasteiger partial charge in [-0.3, -0.25) is 30.9 Å². The normalized spacial score (nSPS) is 25.6. The summed E-state index contributed by atoms with van der Waals surface area (Å²) < 4.78 is 0. The van der Waals surface area contributed by atoms with E-state index in [1.54, 1.807) is 4.90 Å². The van der Waals surface area contributed by atoms with Crippen LogP contribution >= 0.6 is 0 Å². The maximum atomic E-state index is 11.3. The van der Waals surface area contributed by atoms with Crippen molar-refractivity contribution >= 4 is 0 Å². The summed E-state index contributed by atoms with van der Waals surface area (Å²) in [7, 11) is 0. The van der Waals surface area contributed by atoms with Crippen LogP contribution in [0.5, 0.6) is 0 Å². The first-order valence-electron chi connectivity index (χ1n) is 6.59. The molecule has 8 heteroatoms. The predicted molar refractivity (Wildman–Crippen MR) is 74.1 cm³/mol. The van der Waals surface area contributed by atoms with Crippen LogP contribution in [0.3, 0.4) is 0 Å². The first-order chi connectivity index (χ1) is 9.38. The van der Waals surface area contributed by atoms with E-state index in [0.29, 0.717) is 13.1 Å². The van der Waals surface area contributed by atoms with Crippen LogP contribution in [0.4, 0.5) is 0 Å². The molecule has 1 aliphatic carbocycles.